The largest absolute Gasteiger partial charge is 0.309 e. The summed E-state index contributed by atoms with van der Waals surface area (Å²) in [5, 5.41) is 10.3. The number of fused-ring (bicyclic) bond motifs is 11. The first-order valence-electron chi connectivity index (χ1n) is 16.8. The van der Waals surface area contributed by atoms with Crippen molar-refractivity contribution in [1.82, 2.24) is 9.13 Å². The molecule has 3 aromatic heterocycles. The zero-order chi connectivity index (χ0) is 32.1. The quantitative estimate of drug-likeness (QED) is 0.182. The van der Waals surface area contributed by atoms with Crippen molar-refractivity contribution in [1.29, 1.82) is 0 Å². The molecule has 8 aromatic carbocycles. The third kappa shape index (κ3) is 3.88. The Bertz CT molecular complexity index is 3100. The van der Waals surface area contributed by atoms with E-state index in [1.807, 2.05) is 11.3 Å². The number of nitrogens with zero attached hydrogens (tertiary/aromatic N) is 2. The molecule has 11 rings (SSSR count). The Morgan fingerprint density at radius 3 is 1.61 bits per heavy atom. The molecule has 0 saturated carbocycles. The lowest BCUT2D eigenvalue weighted by Crippen LogP contribution is -1.95. The van der Waals surface area contributed by atoms with E-state index in [2.05, 4.69) is 179 Å². The molecule has 0 radical (unpaired) electrons. The highest BCUT2D eigenvalue weighted by Gasteiger charge is 2.20. The van der Waals surface area contributed by atoms with Gasteiger partial charge < -0.3 is 9.13 Å². The lowest BCUT2D eigenvalue weighted by Gasteiger charge is -2.11. The topological polar surface area (TPSA) is 9.86 Å². The van der Waals surface area contributed by atoms with Gasteiger partial charge in [-0.3, -0.25) is 0 Å². The van der Waals surface area contributed by atoms with Gasteiger partial charge in [0.15, 0.2) is 0 Å². The summed E-state index contributed by atoms with van der Waals surface area (Å²) in [6, 6.07) is 62.4. The van der Waals surface area contributed by atoms with Crippen molar-refractivity contribution in [2.24, 2.45) is 0 Å². The molecule has 0 aliphatic carbocycles. The van der Waals surface area contributed by atoms with Crippen molar-refractivity contribution < 1.29 is 0 Å². The van der Waals surface area contributed by atoms with Gasteiger partial charge in [-0.2, -0.15) is 0 Å². The van der Waals surface area contributed by atoms with Crippen LogP contribution in [-0.4, -0.2) is 9.13 Å². The Labute approximate surface area is 286 Å². The molecule has 2 nitrogen and oxygen atoms in total. The minimum atomic E-state index is 1.16. The standard InChI is InChI=1S/C46H28N2S/c1-2-10-31-27-32(18-17-29(31)9-1)30-19-21-33(22-20-30)47-39-14-6-3-12-37(39)45-41(47)25-26-42-46(45)38-13-4-7-15-40(38)48(42)34-23-24-36-35-11-5-8-16-43(35)49-44(36)28-34/h1-28H. The summed E-state index contributed by atoms with van der Waals surface area (Å²) >= 11 is 1.87. The van der Waals surface area contributed by atoms with E-state index in [0.29, 0.717) is 0 Å². The summed E-state index contributed by atoms with van der Waals surface area (Å²) < 4.78 is 7.54. The van der Waals surface area contributed by atoms with Crippen molar-refractivity contribution in [2.75, 3.05) is 0 Å². The number of thiophene rings is 1. The molecule has 0 unspecified atom stereocenters. The molecule has 0 spiro atoms. The van der Waals surface area contributed by atoms with E-state index in [0.717, 1.165) is 5.69 Å². The number of hydrogen-bond acceptors (Lipinski definition) is 1. The monoisotopic (exact) mass is 640 g/mol. The van der Waals surface area contributed by atoms with Gasteiger partial charge in [-0.05, 0) is 82.6 Å². The number of hydrogen-bond donors (Lipinski definition) is 0. The molecule has 3 heterocycles. The molecule has 0 amide bonds. The van der Waals surface area contributed by atoms with E-state index in [-0.39, 0.29) is 0 Å². The fourth-order valence-corrected chi connectivity index (χ4v) is 9.24. The smallest absolute Gasteiger partial charge is 0.0548 e. The van der Waals surface area contributed by atoms with Crippen molar-refractivity contribution in [2.45, 2.75) is 0 Å². The van der Waals surface area contributed by atoms with Gasteiger partial charge in [-0.15, -0.1) is 11.3 Å². The average molecular weight is 641 g/mol. The molecule has 3 heteroatoms. The minimum absolute atomic E-state index is 1.16. The van der Waals surface area contributed by atoms with Crippen LogP contribution < -0.4 is 0 Å². The fourth-order valence-electron chi connectivity index (χ4n) is 8.10. The first kappa shape index (κ1) is 26.9. The molecule has 0 saturated heterocycles. The minimum Gasteiger partial charge on any atom is -0.309 e. The maximum Gasteiger partial charge on any atom is 0.0548 e. The van der Waals surface area contributed by atoms with Crippen molar-refractivity contribution in [3.05, 3.63) is 170 Å². The second kappa shape index (κ2) is 10.2. The summed E-state index contributed by atoms with van der Waals surface area (Å²) in [6.45, 7) is 0. The third-order valence-corrected chi connectivity index (χ3v) is 11.4. The van der Waals surface area contributed by atoms with Gasteiger partial charge >= 0.3 is 0 Å². The van der Waals surface area contributed by atoms with E-state index < -0.39 is 0 Å². The highest BCUT2D eigenvalue weighted by atomic mass is 32.1. The predicted molar refractivity (Wildman–Crippen MR) is 211 cm³/mol. The summed E-state index contributed by atoms with van der Waals surface area (Å²) in [5.74, 6) is 0. The lowest BCUT2D eigenvalue weighted by atomic mass is 10.0. The first-order valence-corrected chi connectivity index (χ1v) is 17.6. The molecule has 0 aliphatic heterocycles. The van der Waals surface area contributed by atoms with E-state index in [4.69, 9.17) is 0 Å². The molecule has 0 aliphatic rings. The Kier molecular flexibility index (Phi) is 5.57. The van der Waals surface area contributed by atoms with Gasteiger partial charge in [-0.1, -0.05) is 109 Å². The zero-order valence-electron chi connectivity index (χ0n) is 26.5. The molecule has 11 aromatic rings. The highest BCUT2D eigenvalue weighted by molar-refractivity contribution is 7.25. The molecule has 0 N–H and O–H groups in total. The van der Waals surface area contributed by atoms with Crippen LogP contribution in [0.25, 0.3) is 97.1 Å². The third-order valence-electron chi connectivity index (χ3n) is 10.3. The summed E-state index contributed by atoms with van der Waals surface area (Å²) in [6.07, 6.45) is 0. The molecule has 228 valence electrons. The van der Waals surface area contributed by atoms with Gasteiger partial charge in [0.1, 0.15) is 0 Å². The van der Waals surface area contributed by atoms with Crippen LogP contribution in [0.4, 0.5) is 0 Å². The van der Waals surface area contributed by atoms with Crippen molar-refractivity contribution in [3.63, 3.8) is 0 Å². The Balaban J connectivity index is 1.14. The lowest BCUT2D eigenvalue weighted by molar-refractivity contribution is 1.17. The maximum atomic E-state index is 2.46. The molecule has 0 fully saturated rings. The SMILES string of the molecule is c1ccc2cc(-c3ccc(-n4c5ccccc5c5c6c7ccccc7n(-c7ccc8c(c7)sc7ccccc78)c6ccc54)cc3)ccc2c1. The summed E-state index contributed by atoms with van der Waals surface area (Å²) in [4.78, 5) is 0. The average Bonchev–Trinajstić information content (AvgIpc) is 3.82. The van der Waals surface area contributed by atoms with Gasteiger partial charge in [0.2, 0.25) is 0 Å². The Hall–Kier alpha value is -6.16. The van der Waals surface area contributed by atoms with Crippen LogP contribution in [0.3, 0.4) is 0 Å². The first-order chi connectivity index (χ1) is 24.3. The maximum absolute atomic E-state index is 2.46. The van der Waals surface area contributed by atoms with Gasteiger partial charge in [0.05, 0.1) is 22.1 Å². The second-order valence-electron chi connectivity index (χ2n) is 12.9. The van der Waals surface area contributed by atoms with Gasteiger partial charge in [0, 0.05) is 53.1 Å². The van der Waals surface area contributed by atoms with Crippen LogP contribution in [0.2, 0.25) is 0 Å². The van der Waals surface area contributed by atoms with E-state index in [9.17, 15) is 0 Å². The molecule has 49 heavy (non-hydrogen) atoms. The molecule has 0 bridgehead atoms. The highest BCUT2D eigenvalue weighted by Crippen LogP contribution is 2.43. The van der Waals surface area contributed by atoms with Crippen LogP contribution >= 0.6 is 11.3 Å². The molecule has 0 atom stereocenters. The molecular weight excluding hydrogens is 613 g/mol. The molecular formula is C46H28N2S. The van der Waals surface area contributed by atoms with Crippen LogP contribution in [0.15, 0.2) is 170 Å². The number of aromatic nitrogens is 2. The van der Waals surface area contributed by atoms with Crippen LogP contribution in [0.1, 0.15) is 0 Å². The summed E-state index contributed by atoms with van der Waals surface area (Å²) in [5.41, 5.74) is 9.69. The predicted octanol–water partition coefficient (Wildman–Crippen LogP) is 13.1. The van der Waals surface area contributed by atoms with Gasteiger partial charge in [0.25, 0.3) is 0 Å². The van der Waals surface area contributed by atoms with E-state index in [1.165, 1.54) is 91.4 Å². The number of benzene rings is 8. The van der Waals surface area contributed by atoms with Crippen LogP contribution in [0.5, 0.6) is 0 Å². The Morgan fingerprint density at radius 1 is 0.327 bits per heavy atom. The summed E-state index contributed by atoms with van der Waals surface area (Å²) in [7, 11) is 0. The van der Waals surface area contributed by atoms with Crippen LogP contribution in [-0.2, 0) is 0 Å². The second-order valence-corrected chi connectivity index (χ2v) is 14.0. The van der Waals surface area contributed by atoms with Gasteiger partial charge in [-0.25, -0.2) is 0 Å². The zero-order valence-corrected chi connectivity index (χ0v) is 27.3. The normalized spacial score (nSPS) is 12.1. The van der Waals surface area contributed by atoms with E-state index >= 15 is 0 Å². The van der Waals surface area contributed by atoms with Crippen LogP contribution in [0, 0.1) is 0 Å². The van der Waals surface area contributed by atoms with Crippen molar-refractivity contribution >= 4 is 85.9 Å². The fraction of sp³-hybridized carbons (Fsp3) is 0. The number of para-hydroxylation sites is 2. The number of rotatable bonds is 3. The van der Waals surface area contributed by atoms with E-state index in [1.54, 1.807) is 0 Å². The Morgan fingerprint density at radius 2 is 0.878 bits per heavy atom. The van der Waals surface area contributed by atoms with Crippen molar-refractivity contribution in [3.8, 4) is 22.5 Å².